The summed E-state index contributed by atoms with van der Waals surface area (Å²) in [6.45, 7) is 21.0. The maximum atomic E-state index is 13.1. The summed E-state index contributed by atoms with van der Waals surface area (Å²) in [6, 6.07) is 22.7. The van der Waals surface area contributed by atoms with Crippen LogP contribution in [-0.4, -0.2) is 193 Å². The molecule has 0 unspecified atom stereocenters. The Hall–Kier alpha value is -6.30. The highest BCUT2D eigenvalue weighted by Gasteiger charge is 2.28. The first-order valence-electron chi connectivity index (χ1n) is 24.3. The number of hydrogen-bond donors (Lipinski definition) is 4. The fourth-order valence-corrected chi connectivity index (χ4v) is 8.97. The molecule has 364 valence electrons. The molecule has 0 saturated carbocycles. The van der Waals surface area contributed by atoms with Gasteiger partial charge in [-0.05, 0) is 107 Å². The number of carbonyl (C=O) groups excluding carboxylic acids is 4. The van der Waals surface area contributed by atoms with Crippen molar-refractivity contribution in [1.82, 2.24) is 39.8 Å². The van der Waals surface area contributed by atoms with Gasteiger partial charge in [0, 0.05) is 165 Å². The van der Waals surface area contributed by atoms with Crippen LogP contribution < -0.4 is 25.8 Å². The third-order valence-electron chi connectivity index (χ3n) is 12.6. The first-order valence-corrected chi connectivity index (χ1v) is 24.3. The monoisotopic (exact) mass is 931 g/mol. The molecule has 0 aliphatic carbocycles. The average Bonchev–Trinajstić information content (AvgIpc) is 3.38. The van der Waals surface area contributed by atoms with Crippen molar-refractivity contribution in [2.24, 2.45) is 0 Å². The number of pyridine rings is 2. The van der Waals surface area contributed by atoms with Crippen LogP contribution in [0.15, 0.2) is 85.2 Å². The highest BCUT2D eigenvalue weighted by Crippen LogP contribution is 2.27. The predicted octanol–water partition coefficient (Wildman–Crippen LogP) is 3.91. The van der Waals surface area contributed by atoms with Gasteiger partial charge in [-0.2, -0.15) is 0 Å². The van der Waals surface area contributed by atoms with Gasteiger partial charge in [0.25, 0.3) is 23.6 Å². The molecule has 0 radical (unpaired) electrons. The SMILES string of the molecule is CC(C)Nc1cccnc1N1CCN(C(=O)c2ccc(C(=O)N3CCN(CCCO)CC3)cc2)CC1.CC(C)Nc1cccnc1N1CCN(C(=O)c2ccc(C(=O)N3CCNCC3)cc2)CC1. The maximum Gasteiger partial charge on any atom is 0.253 e. The largest absolute Gasteiger partial charge is 0.396 e. The highest BCUT2D eigenvalue weighted by molar-refractivity contribution is 5.99. The lowest BCUT2D eigenvalue weighted by Crippen LogP contribution is -2.49. The Morgan fingerprint density at radius 1 is 0.515 bits per heavy atom. The lowest BCUT2D eigenvalue weighted by molar-refractivity contribution is 0.0627. The molecule has 2 aromatic carbocycles. The Bertz CT molecular complexity index is 2260. The molecule has 4 N–H and O–H groups in total. The van der Waals surface area contributed by atoms with E-state index in [0.29, 0.717) is 86.7 Å². The van der Waals surface area contributed by atoms with Crippen LogP contribution >= 0.6 is 0 Å². The minimum Gasteiger partial charge on any atom is -0.396 e. The van der Waals surface area contributed by atoms with E-state index in [4.69, 9.17) is 5.11 Å². The zero-order valence-electron chi connectivity index (χ0n) is 40.3. The minimum atomic E-state index is -0.00676. The van der Waals surface area contributed by atoms with Crippen molar-refractivity contribution in [1.29, 1.82) is 0 Å². The van der Waals surface area contributed by atoms with Crippen molar-refractivity contribution in [3.63, 3.8) is 0 Å². The van der Waals surface area contributed by atoms with Gasteiger partial charge >= 0.3 is 0 Å². The fourth-order valence-electron chi connectivity index (χ4n) is 8.97. The number of benzene rings is 2. The van der Waals surface area contributed by atoms with E-state index >= 15 is 0 Å². The summed E-state index contributed by atoms with van der Waals surface area (Å²) in [5.41, 5.74) is 4.50. The molecule has 4 aliphatic rings. The number of nitrogens with one attached hydrogen (secondary N) is 3. The van der Waals surface area contributed by atoms with Crippen LogP contribution in [0.2, 0.25) is 0 Å². The van der Waals surface area contributed by atoms with Crippen LogP contribution in [0.1, 0.15) is 75.5 Å². The molecule has 17 nitrogen and oxygen atoms in total. The topological polar surface area (TPSA) is 173 Å². The minimum absolute atomic E-state index is 0.00518. The Balaban J connectivity index is 0.000000203. The lowest BCUT2D eigenvalue weighted by atomic mass is 10.1. The van der Waals surface area contributed by atoms with Crippen LogP contribution in [0, 0.1) is 0 Å². The van der Waals surface area contributed by atoms with Gasteiger partial charge < -0.3 is 50.5 Å². The van der Waals surface area contributed by atoms with Gasteiger partial charge in [0.1, 0.15) is 0 Å². The van der Waals surface area contributed by atoms with Crippen molar-refractivity contribution in [3.05, 3.63) is 107 Å². The number of anilines is 4. The number of carbonyl (C=O) groups is 4. The first kappa shape index (κ1) is 49.6. The molecular weight excluding hydrogens is 861 g/mol. The summed E-state index contributed by atoms with van der Waals surface area (Å²) >= 11 is 0. The molecule has 6 heterocycles. The number of nitrogens with zero attached hydrogens (tertiary/aromatic N) is 9. The molecule has 2 aromatic heterocycles. The van der Waals surface area contributed by atoms with Crippen molar-refractivity contribution in [2.45, 2.75) is 46.2 Å². The predicted molar refractivity (Wildman–Crippen MR) is 268 cm³/mol. The van der Waals surface area contributed by atoms with E-state index in [2.05, 4.69) is 68.3 Å². The Morgan fingerprint density at radius 2 is 0.853 bits per heavy atom. The fraction of sp³-hybridized carbons (Fsp3) is 0.490. The zero-order valence-corrected chi connectivity index (χ0v) is 40.3. The summed E-state index contributed by atoms with van der Waals surface area (Å²) in [7, 11) is 0. The number of hydrogen-bond acceptors (Lipinski definition) is 13. The third-order valence-corrected chi connectivity index (χ3v) is 12.6. The van der Waals surface area contributed by atoms with Crippen LogP contribution in [-0.2, 0) is 0 Å². The Labute approximate surface area is 401 Å². The quantitative estimate of drug-likeness (QED) is 0.152. The van der Waals surface area contributed by atoms with Gasteiger partial charge in [-0.15, -0.1) is 0 Å². The Morgan fingerprint density at radius 3 is 1.19 bits per heavy atom. The summed E-state index contributed by atoms with van der Waals surface area (Å²) in [6.07, 6.45) is 4.37. The molecule has 17 heteroatoms. The van der Waals surface area contributed by atoms with Crippen molar-refractivity contribution >= 4 is 46.6 Å². The molecule has 8 rings (SSSR count). The number of aliphatic hydroxyl groups is 1. The molecule has 0 atom stereocenters. The maximum absolute atomic E-state index is 13.1. The van der Waals surface area contributed by atoms with Crippen LogP contribution in [0.4, 0.5) is 23.0 Å². The second kappa shape index (κ2) is 24.1. The van der Waals surface area contributed by atoms with E-state index in [1.807, 2.05) is 50.1 Å². The van der Waals surface area contributed by atoms with Crippen molar-refractivity contribution in [3.8, 4) is 0 Å². The van der Waals surface area contributed by atoms with Crippen LogP contribution in [0.5, 0.6) is 0 Å². The normalized spacial score (nSPS) is 16.9. The molecule has 0 spiro atoms. The van der Waals surface area contributed by atoms with Gasteiger partial charge in [-0.25, -0.2) is 9.97 Å². The second-order valence-electron chi connectivity index (χ2n) is 18.3. The molecule has 68 heavy (non-hydrogen) atoms. The molecule has 4 aromatic rings. The molecule has 4 aliphatic heterocycles. The molecule has 4 amide bonds. The van der Waals surface area contributed by atoms with Crippen molar-refractivity contribution in [2.75, 3.05) is 138 Å². The number of aromatic nitrogens is 2. The standard InChI is InChI=1S/C27H38N6O3.C24H32N6O2/c1-21(2)29-24-5-3-10-28-25(24)31-16-18-33(19-17-31)27(36)23-8-6-22(7-9-23)26(35)32-14-12-30(13-15-32)11-4-20-34;1-18(2)27-21-4-3-9-26-22(21)28-14-16-30(17-15-28)24(32)20-7-5-19(6-8-20)23(31)29-12-10-25-11-13-29/h3,5-10,21,29,34H,4,11-20H2,1-2H3;3-9,18,25,27H,10-17H2,1-2H3. The molecular formula is C51H70N12O5. The second-order valence-corrected chi connectivity index (χ2v) is 18.3. The highest BCUT2D eigenvalue weighted by atomic mass is 16.3. The number of amides is 4. The number of aliphatic hydroxyl groups excluding tert-OH is 1. The van der Waals surface area contributed by atoms with Crippen LogP contribution in [0.25, 0.3) is 0 Å². The molecule has 4 saturated heterocycles. The number of rotatable bonds is 13. The van der Waals surface area contributed by atoms with Crippen LogP contribution in [0.3, 0.4) is 0 Å². The smallest absolute Gasteiger partial charge is 0.253 e. The lowest BCUT2D eigenvalue weighted by Gasteiger charge is -2.36. The first-order chi connectivity index (χ1) is 33.0. The van der Waals surface area contributed by atoms with E-state index in [9.17, 15) is 19.2 Å². The van der Waals surface area contributed by atoms with Gasteiger partial charge in [-0.3, -0.25) is 24.1 Å². The van der Waals surface area contributed by atoms with Gasteiger partial charge in [0.05, 0.1) is 11.4 Å². The molecule has 4 fully saturated rings. The van der Waals surface area contributed by atoms with Gasteiger partial charge in [0.2, 0.25) is 0 Å². The van der Waals surface area contributed by atoms with Gasteiger partial charge in [-0.1, -0.05) is 0 Å². The summed E-state index contributed by atoms with van der Waals surface area (Å²) in [5, 5.41) is 19.2. The van der Waals surface area contributed by atoms with E-state index in [-0.39, 0.29) is 30.2 Å². The molecule has 0 bridgehead atoms. The third kappa shape index (κ3) is 13.0. The average molecular weight is 931 g/mol. The summed E-state index contributed by atoms with van der Waals surface area (Å²) in [5.74, 6) is 1.89. The van der Waals surface area contributed by atoms with E-state index in [1.165, 1.54) is 0 Å². The van der Waals surface area contributed by atoms with Gasteiger partial charge in [0.15, 0.2) is 11.6 Å². The summed E-state index contributed by atoms with van der Waals surface area (Å²) < 4.78 is 0. The Kier molecular flexibility index (Phi) is 17.6. The van der Waals surface area contributed by atoms with Crippen molar-refractivity contribution < 1.29 is 24.3 Å². The number of piperazine rings is 4. The van der Waals surface area contributed by atoms with E-state index in [0.717, 1.165) is 88.3 Å². The summed E-state index contributed by atoms with van der Waals surface area (Å²) in [4.78, 5) is 75.0. The van der Waals surface area contributed by atoms with E-state index in [1.54, 1.807) is 54.7 Å². The zero-order chi connectivity index (χ0) is 48.0. The van der Waals surface area contributed by atoms with E-state index < -0.39 is 0 Å².